The van der Waals surface area contributed by atoms with Crippen LogP contribution < -0.4 is 10.2 Å². The Morgan fingerprint density at radius 2 is 1.79 bits per heavy atom. The zero-order chi connectivity index (χ0) is 24.6. The summed E-state index contributed by atoms with van der Waals surface area (Å²) in [5.41, 5.74) is -3.31. The fourth-order valence-corrected chi connectivity index (χ4v) is 4.09. The Labute approximate surface area is 191 Å². The fraction of sp³-hybridized carbons (Fsp3) is 0.476. The van der Waals surface area contributed by atoms with E-state index in [1.165, 1.54) is 28.9 Å². The molecule has 1 aliphatic heterocycles. The Morgan fingerprint density at radius 1 is 1.15 bits per heavy atom. The first-order valence-electron chi connectivity index (χ1n) is 9.97. The second-order valence-corrected chi connectivity index (χ2v) is 8.91. The fourth-order valence-electron chi connectivity index (χ4n) is 3.67. The third kappa shape index (κ3) is 5.20. The van der Waals surface area contributed by atoms with E-state index < -0.39 is 29.2 Å². The number of thioether (sulfide) groups is 1. The molecule has 12 heteroatoms. The standard InChI is InChI=1S/C21H22F6N4OS/c1-12-14(20(22,23)24)11-29-17(31-8-5-19(2,6-9-31)21(25,26)27)16(12)18(32)30-13-4-7-28-15(10-13)33-3/h4,7,10-11H,5-6,8-9H2,1-3H3,(H,28,30,32). The van der Waals surface area contributed by atoms with Gasteiger partial charge in [0.25, 0.3) is 5.91 Å². The van der Waals surface area contributed by atoms with Gasteiger partial charge in [-0.15, -0.1) is 11.8 Å². The number of anilines is 2. The molecule has 0 radical (unpaired) electrons. The molecule has 0 aromatic carbocycles. The molecule has 0 unspecified atom stereocenters. The van der Waals surface area contributed by atoms with Crippen LogP contribution in [0.2, 0.25) is 0 Å². The van der Waals surface area contributed by atoms with Crippen molar-refractivity contribution in [3.8, 4) is 0 Å². The maximum Gasteiger partial charge on any atom is 0.418 e. The molecule has 1 saturated heterocycles. The second kappa shape index (κ2) is 9.03. The van der Waals surface area contributed by atoms with Crippen LogP contribution in [0.3, 0.4) is 0 Å². The van der Waals surface area contributed by atoms with Crippen molar-refractivity contribution in [3.63, 3.8) is 0 Å². The summed E-state index contributed by atoms with van der Waals surface area (Å²) in [5, 5.41) is 3.16. The number of hydrogen-bond acceptors (Lipinski definition) is 5. The Balaban J connectivity index is 1.99. The quantitative estimate of drug-likeness (QED) is 0.423. The van der Waals surface area contributed by atoms with Gasteiger partial charge < -0.3 is 10.2 Å². The first-order valence-corrected chi connectivity index (χ1v) is 11.2. The number of carbonyl (C=O) groups excluding carboxylic acids is 1. The second-order valence-electron chi connectivity index (χ2n) is 8.08. The lowest BCUT2D eigenvalue weighted by Crippen LogP contribution is -2.47. The van der Waals surface area contributed by atoms with Crippen LogP contribution in [-0.2, 0) is 6.18 Å². The van der Waals surface area contributed by atoms with Crippen molar-refractivity contribution < 1.29 is 31.1 Å². The lowest BCUT2D eigenvalue weighted by molar-refractivity contribution is -0.224. The van der Waals surface area contributed by atoms with E-state index in [1.807, 2.05) is 0 Å². The molecule has 0 aliphatic carbocycles. The lowest BCUT2D eigenvalue weighted by atomic mass is 9.79. The van der Waals surface area contributed by atoms with Gasteiger partial charge in [-0.1, -0.05) is 6.92 Å². The molecule has 1 aliphatic rings. The number of carbonyl (C=O) groups is 1. The highest BCUT2D eigenvalue weighted by atomic mass is 32.2. The number of halogens is 6. The number of amides is 1. The average Bonchev–Trinajstić information content (AvgIpc) is 2.72. The van der Waals surface area contributed by atoms with Crippen LogP contribution in [-0.4, -0.2) is 41.4 Å². The third-order valence-corrected chi connectivity index (χ3v) is 6.55. The zero-order valence-electron chi connectivity index (χ0n) is 18.1. The molecular formula is C21H22F6N4OS. The van der Waals surface area contributed by atoms with Crippen molar-refractivity contribution in [1.29, 1.82) is 0 Å². The summed E-state index contributed by atoms with van der Waals surface area (Å²) in [6.07, 6.45) is -5.83. The van der Waals surface area contributed by atoms with Crippen LogP contribution in [0.5, 0.6) is 0 Å². The summed E-state index contributed by atoms with van der Waals surface area (Å²) >= 11 is 1.32. The van der Waals surface area contributed by atoms with E-state index in [1.54, 1.807) is 12.3 Å². The third-order valence-electron chi connectivity index (χ3n) is 5.90. The Bertz CT molecular complexity index is 1030. The van der Waals surface area contributed by atoms with Crippen LogP contribution in [0, 0.1) is 12.3 Å². The van der Waals surface area contributed by atoms with Gasteiger partial charge >= 0.3 is 12.4 Å². The van der Waals surface area contributed by atoms with Crippen molar-refractivity contribution in [1.82, 2.24) is 9.97 Å². The summed E-state index contributed by atoms with van der Waals surface area (Å²) < 4.78 is 80.7. The van der Waals surface area contributed by atoms with Crippen LogP contribution in [0.1, 0.15) is 41.3 Å². The van der Waals surface area contributed by atoms with Crippen LogP contribution >= 0.6 is 11.8 Å². The number of alkyl halides is 6. The van der Waals surface area contributed by atoms with E-state index in [4.69, 9.17) is 0 Å². The Kier molecular flexibility index (Phi) is 6.88. The van der Waals surface area contributed by atoms with E-state index in [0.717, 1.165) is 13.8 Å². The molecule has 5 nitrogen and oxygen atoms in total. The summed E-state index contributed by atoms with van der Waals surface area (Å²) in [4.78, 5) is 22.5. The number of pyridine rings is 2. The molecule has 180 valence electrons. The SMILES string of the molecule is CSc1cc(NC(=O)c2c(N3CCC(C)(C(F)(F)F)CC3)ncc(C(F)(F)F)c2C)ccn1. The van der Waals surface area contributed by atoms with Crippen LogP contribution in [0.4, 0.5) is 37.8 Å². The van der Waals surface area contributed by atoms with Crippen LogP contribution in [0.15, 0.2) is 29.6 Å². The van der Waals surface area contributed by atoms with Crippen molar-refractivity contribution in [2.75, 3.05) is 29.6 Å². The van der Waals surface area contributed by atoms with E-state index in [2.05, 4.69) is 15.3 Å². The first kappa shape index (κ1) is 25.1. The molecule has 0 bridgehead atoms. The van der Waals surface area contributed by atoms with Gasteiger partial charge in [-0.25, -0.2) is 9.97 Å². The normalized spacial score (nSPS) is 16.6. The molecule has 3 heterocycles. The van der Waals surface area contributed by atoms with Gasteiger partial charge in [-0.2, -0.15) is 26.3 Å². The molecular weight excluding hydrogens is 470 g/mol. The minimum Gasteiger partial charge on any atom is -0.356 e. The molecule has 2 aromatic rings. The first-order chi connectivity index (χ1) is 15.3. The van der Waals surface area contributed by atoms with E-state index in [-0.39, 0.29) is 42.9 Å². The number of hydrogen-bond donors (Lipinski definition) is 1. The molecule has 0 atom stereocenters. The highest BCUT2D eigenvalue weighted by molar-refractivity contribution is 7.98. The molecule has 0 saturated carbocycles. The predicted molar refractivity (Wildman–Crippen MR) is 114 cm³/mol. The maximum absolute atomic E-state index is 13.5. The maximum atomic E-state index is 13.5. The van der Waals surface area contributed by atoms with E-state index in [0.29, 0.717) is 16.9 Å². The van der Waals surface area contributed by atoms with Crippen molar-refractivity contribution in [3.05, 3.63) is 41.2 Å². The number of piperidine rings is 1. The average molecular weight is 492 g/mol. The Hall–Kier alpha value is -2.50. The summed E-state index contributed by atoms with van der Waals surface area (Å²) in [7, 11) is 0. The van der Waals surface area contributed by atoms with E-state index >= 15 is 0 Å². The van der Waals surface area contributed by atoms with Gasteiger partial charge in [0.2, 0.25) is 0 Å². The summed E-state index contributed by atoms with van der Waals surface area (Å²) in [6.45, 7) is 2.09. The monoisotopic (exact) mass is 492 g/mol. The van der Waals surface area contributed by atoms with Gasteiger partial charge in [-0.3, -0.25) is 4.79 Å². The number of rotatable bonds is 4. The molecule has 1 amide bonds. The van der Waals surface area contributed by atoms with Gasteiger partial charge in [0, 0.05) is 31.2 Å². The van der Waals surface area contributed by atoms with Gasteiger partial charge in [0.1, 0.15) is 5.82 Å². The number of aromatic nitrogens is 2. The van der Waals surface area contributed by atoms with Crippen LogP contribution in [0.25, 0.3) is 0 Å². The molecule has 2 aromatic heterocycles. The molecule has 1 fully saturated rings. The summed E-state index contributed by atoms with van der Waals surface area (Å²) in [5.74, 6) is -0.898. The van der Waals surface area contributed by atoms with Crippen molar-refractivity contribution >= 4 is 29.2 Å². The number of nitrogens with zero attached hydrogens (tertiary/aromatic N) is 3. The minimum atomic E-state index is -4.75. The Morgan fingerprint density at radius 3 is 2.33 bits per heavy atom. The topological polar surface area (TPSA) is 58.1 Å². The lowest BCUT2D eigenvalue weighted by Gasteiger charge is -2.41. The molecule has 3 rings (SSSR count). The van der Waals surface area contributed by atoms with Gasteiger partial charge in [-0.05, 0) is 43.7 Å². The van der Waals surface area contributed by atoms with Gasteiger partial charge in [0.15, 0.2) is 0 Å². The smallest absolute Gasteiger partial charge is 0.356 e. The highest BCUT2D eigenvalue weighted by Gasteiger charge is 2.52. The predicted octanol–water partition coefficient (Wildman–Crippen LogP) is 5.95. The highest BCUT2D eigenvalue weighted by Crippen LogP contribution is 2.46. The van der Waals surface area contributed by atoms with Gasteiger partial charge in [0.05, 0.1) is 21.6 Å². The summed E-state index contributed by atoms with van der Waals surface area (Å²) in [6, 6.07) is 3.05. The molecule has 33 heavy (non-hydrogen) atoms. The number of nitrogens with one attached hydrogen (secondary N) is 1. The molecule has 0 spiro atoms. The zero-order valence-corrected chi connectivity index (χ0v) is 18.9. The minimum absolute atomic E-state index is 0.0682. The molecule has 1 N–H and O–H groups in total. The van der Waals surface area contributed by atoms with Crippen molar-refractivity contribution in [2.24, 2.45) is 5.41 Å². The van der Waals surface area contributed by atoms with Crippen molar-refractivity contribution in [2.45, 2.75) is 44.1 Å². The van der Waals surface area contributed by atoms with E-state index in [9.17, 15) is 31.1 Å². The largest absolute Gasteiger partial charge is 0.418 e.